The van der Waals surface area contributed by atoms with Crippen molar-refractivity contribution in [1.82, 2.24) is 10.6 Å². The van der Waals surface area contributed by atoms with Crippen LogP contribution in [0.1, 0.15) is 5.56 Å². The Morgan fingerprint density at radius 1 is 1.32 bits per heavy atom. The number of benzene rings is 1. The number of amides is 1. The minimum Gasteiger partial charge on any atom is -0.481 e. The molecule has 0 unspecified atom stereocenters. The second-order valence-electron chi connectivity index (χ2n) is 4.42. The van der Waals surface area contributed by atoms with E-state index in [1.807, 2.05) is 30.3 Å². The smallest absolute Gasteiger partial charge is 0.407 e. The van der Waals surface area contributed by atoms with Crippen LogP contribution in [-0.2, 0) is 16.1 Å². The van der Waals surface area contributed by atoms with Crippen LogP contribution in [0.3, 0.4) is 0 Å². The molecular weight excluding hydrogens is 248 g/mol. The standard InChI is InChI=1S/C13H16N2O4/c16-12(17)10-6-14-7-11(10)15-13(18)19-8-9-4-2-1-3-5-9/h1-5,10-11,14H,6-8H2,(H,15,18)(H,16,17)/t10-,11+/m0/s1. The third kappa shape index (κ3) is 3.69. The SMILES string of the molecule is O=C(N[C@@H]1CNC[C@@H]1C(=O)O)OCc1ccccc1. The van der Waals surface area contributed by atoms with Crippen molar-refractivity contribution < 1.29 is 19.4 Å². The first-order valence-corrected chi connectivity index (χ1v) is 6.07. The molecule has 1 heterocycles. The summed E-state index contributed by atoms with van der Waals surface area (Å²) in [6.45, 7) is 0.973. The van der Waals surface area contributed by atoms with Crippen molar-refractivity contribution in [2.75, 3.05) is 13.1 Å². The molecule has 2 rings (SSSR count). The first-order chi connectivity index (χ1) is 9.16. The van der Waals surface area contributed by atoms with E-state index < -0.39 is 24.0 Å². The van der Waals surface area contributed by atoms with Crippen LogP contribution in [-0.4, -0.2) is 36.3 Å². The first-order valence-electron chi connectivity index (χ1n) is 6.07. The van der Waals surface area contributed by atoms with Crippen LogP contribution in [0.4, 0.5) is 4.79 Å². The number of aliphatic carboxylic acids is 1. The Morgan fingerprint density at radius 2 is 2.05 bits per heavy atom. The molecule has 1 aromatic rings. The highest BCUT2D eigenvalue weighted by molar-refractivity contribution is 5.74. The van der Waals surface area contributed by atoms with Crippen LogP contribution in [0.25, 0.3) is 0 Å². The minimum atomic E-state index is -0.918. The van der Waals surface area contributed by atoms with Gasteiger partial charge in [-0.1, -0.05) is 30.3 Å². The Labute approximate surface area is 110 Å². The van der Waals surface area contributed by atoms with E-state index in [1.165, 1.54) is 0 Å². The summed E-state index contributed by atoms with van der Waals surface area (Å²) >= 11 is 0. The zero-order valence-corrected chi connectivity index (χ0v) is 10.3. The number of hydrogen-bond donors (Lipinski definition) is 3. The van der Waals surface area contributed by atoms with Crippen molar-refractivity contribution in [3.63, 3.8) is 0 Å². The van der Waals surface area contributed by atoms with Crippen molar-refractivity contribution in [1.29, 1.82) is 0 Å². The molecule has 1 aliphatic rings. The van der Waals surface area contributed by atoms with Gasteiger partial charge in [-0.15, -0.1) is 0 Å². The normalized spacial score (nSPS) is 21.9. The minimum absolute atomic E-state index is 0.171. The molecule has 1 saturated heterocycles. The van der Waals surface area contributed by atoms with E-state index in [1.54, 1.807) is 0 Å². The van der Waals surface area contributed by atoms with Crippen LogP contribution in [0.15, 0.2) is 30.3 Å². The van der Waals surface area contributed by atoms with Gasteiger partial charge in [0.15, 0.2) is 0 Å². The van der Waals surface area contributed by atoms with E-state index in [9.17, 15) is 9.59 Å². The lowest BCUT2D eigenvalue weighted by atomic mass is 10.0. The number of carboxylic acid groups (broad SMARTS) is 1. The number of carbonyl (C=O) groups is 2. The lowest BCUT2D eigenvalue weighted by Gasteiger charge is -2.16. The van der Waals surface area contributed by atoms with Crippen LogP contribution in [0, 0.1) is 5.92 Å². The van der Waals surface area contributed by atoms with Crippen molar-refractivity contribution in [3.8, 4) is 0 Å². The molecule has 0 bridgehead atoms. The zero-order valence-electron chi connectivity index (χ0n) is 10.3. The van der Waals surface area contributed by atoms with Gasteiger partial charge in [0.05, 0.1) is 12.0 Å². The van der Waals surface area contributed by atoms with Gasteiger partial charge in [0.1, 0.15) is 6.61 Å². The summed E-state index contributed by atoms with van der Waals surface area (Å²) in [5.41, 5.74) is 0.886. The first kappa shape index (κ1) is 13.4. The fourth-order valence-corrected chi connectivity index (χ4v) is 2.01. The third-order valence-electron chi connectivity index (χ3n) is 3.05. The molecule has 0 radical (unpaired) electrons. The summed E-state index contributed by atoms with van der Waals surface area (Å²) in [6.07, 6.45) is -0.594. The summed E-state index contributed by atoms with van der Waals surface area (Å²) < 4.78 is 5.05. The molecule has 6 heteroatoms. The van der Waals surface area contributed by atoms with E-state index in [0.717, 1.165) is 5.56 Å². The second-order valence-corrected chi connectivity index (χ2v) is 4.42. The number of nitrogens with one attached hydrogen (secondary N) is 2. The van der Waals surface area contributed by atoms with Gasteiger partial charge in [0.25, 0.3) is 0 Å². The van der Waals surface area contributed by atoms with E-state index in [2.05, 4.69) is 10.6 Å². The van der Waals surface area contributed by atoms with E-state index in [0.29, 0.717) is 13.1 Å². The average molecular weight is 264 g/mol. The Bertz CT molecular complexity index is 449. The summed E-state index contributed by atoms with van der Waals surface area (Å²) in [5, 5.41) is 14.5. The maximum Gasteiger partial charge on any atom is 0.407 e. The summed E-state index contributed by atoms with van der Waals surface area (Å²) in [4.78, 5) is 22.5. The molecule has 0 saturated carbocycles. The van der Waals surface area contributed by atoms with Crippen molar-refractivity contribution in [2.24, 2.45) is 5.92 Å². The molecule has 0 aliphatic carbocycles. The average Bonchev–Trinajstić information content (AvgIpc) is 2.86. The number of ether oxygens (including phenoxy) is 1. The number of carbonyl (C=O) groups excluding carboxylic acids is 1. The van der Waals surface area contributed by atoms with Crippen molar-refractivity contribution >= 4 is 12.1 Å². The fraction of sp³-hybridized carbons (Fsp3) is 0.385. The molecule has 0 aromatic heterocycles. The molecule has 3 N–H and O–H groups in total. The van der Waals surface area contributed by atoms with Gasteiger partial charge in [-0.25, -0.2) is 4.79 Å². The molecular formula is C13H16N2O4. The fourth-order valence-electron chi connectivity index (χ4n) is 2.01. The largest absolute Gasteiger partial charge is 0.481 e. The van der Waals surface area contributed by atoms with E-state index >= 15 is 0 Å². The quantitative estimate of drug-likeness (QED) is 0.740. The highest BCUT2D eigenvalue weighted by Crippen LogP contribution is 2.09. The highest BCUT2D eigenvalue weighted by Gasteiger charge is 2.34. The van der Waals surface area contributed by atoms with Crippen LogP contribution in [0.5, 0.6) is 0 Å². The molecule has 1 aliphatic heterocycles. The van der Waals surface area contributed by atoms with Gasteiger partial charge in [-0.2, -0.15) is 0 Å². The van der Waals surface area contributed by atoms with Gasteiger partial charge in [-0.05, 0) is 5.56 Å². The van der Waals surface area contributed by atoms with E-state index in [4.69, 9.17) is 9.84 Å². The van der Waals surface area contributed by atoms with Gasteiger partial charge in [0.2, 0.25) is 0 Å². The summed E-state index contributed by atoms with van der Waals surface area (Å²) in [7, 11) is 0. The number of alkyl carbamates (subject to hydrolysis) is 1. The molecule has 2 atom stereocenters. The lowest BCUT2D eigenvalue weighted by molar-refractivity contribution is -0.141. The topological polar surface area (TPSA) is 87.7 Å². The number of rotatable bonds is 4. The third-order valence-corrected chi connectivity index (χ3v) is 3.05. The Kier molecular flexibility index (Phi) is 4.35. The lowest BCUT2D eigenvalue weighted by Crippen LogP contribution is -2.43. The van der Waals surface area contributed by atoms with Crippen molar-refractivity contribution in [3.05, 3.63) is 35.9 Å². The maximum absolute atomic E-state index is 11.6. The van der Waals surface area contributed by atoms with Crippen LogP contribution >= 0.6 is 0 Å². The predicted octanol–water partition coefficient (Wildman–Crippen LogP) is 0.585. The van der Waals surface area contributed by atoms with Crippen molar-refractivity contribution in [2.45, 2.75) is 12.6 Å². The Balaban J connectivity index is 1.80. The molecule has 6 nitrogen and oxygen atoms in total. The second kappa shape index (κ2) is 6.19. The molecule has 1 amide bonds. The van der Waals surface area contributed by atoms with Gasteiger partial charge in [-0.3, -0.25) is 4.79 Å². The Hall–Kier alpha value is -2.08. The predicted molar refractivity (Wildman–Crippen MR) is 67.5 cm³/mol. The molecule has 102 valence electrons. The molecule has 1 aromatic carbocycles. The monoisotopic (exact) mass is 264 g/mol. The van der Waals surface area contributed by atoms with Gasteiger partial charge < -0.3 is 20.5 Å². The summed E-state index contributed by atoms with van der Waals surface area (Å²) in [5.74, 6) is -1.53. The maximum atomic E-state index is 11.6. The zero-order chi connectivity index (χ0) is 13.7. The van der Waals surface area contributed by atoms with Crippen LogP contribution < -0.4 is 10.6 Å². The highest BCUT2D eigenvalue weighted by atomic mass is 16.5. The number of hydrogen-bond acceptors (Lipinski definition) is 4. The Morgan fingerprint density at radius 3 is 2.74 bits per heavy atom. The molecule has 0 spiro atoms. The van der Waals surface area contributed by atoms with Gasteiger partial charge in [0, 0.05) is 13.1 Å². The van der Waals surface area contributed by atoms with Crippen LogP contribution in [0.2, 0.25) is 0 Å². The van der Waals surface area contributed by atoms with Gasteiger partial charge >= 0.3 is 12.1 Å². The molecule has 1 fully saturated rings. The number of carboxylic acids is 1. The summed E-state index contributed by atoms with van der Waals surface area (Å²) in [6, 6.07) is 8.87. The van der Waals surface area contributed by atoms with E-state index in [-0.39, 0.29) is 6.61 Å². The molecule has 19 heavy (non-hydrogen) atoms.